The molecular formula is C13H15N3O3. The second-order valence-corrected chi connectivity index (χ2v) is 4.38. The number of anilines is 1. The van der Waals surface area contributed by atoms with Gasteiger partial charge in [-0.25, -0.2) is 4.79 Å². The van der Waals surface area contributed by atoms with E-state index in [1.807, 2.05) is 11.4 Å². The lowest BCUT2D eigenvalue weighted by molar-refractivity contribution is -0.118. The molecule has 6 heteroatoms. The summed E-state index contributed by atoms with van der Waals surface area (Å²) in [4.78, 5) is 35.9. The van der Waals surface area contributed by atoms with Crippen LogP contribution in [0.4, 0.5) is 10.5 Å². The molecule has 0 saturated heterocycles. The molecule has 1 aliphatic rings. The minimum absolute atomic E-state index is 0.00718. The van der Waals surface area contributed by atoms with Crippen molar-refractivity contribution in [1.29, 1.82) is 0 Å². The molecule has 0 fully saturated rings. The van der Waals surface area contributed by atoms with Gasteiger partial charge in [0.15, 0.2) is 5.78 Å². The van der Waals surface area contributed by atoms with Gasteiger partial charge in [-0.2, -0.15) is 0 Å². The zero-order valence-electron chi connectivity index (χ0n) is 10.4. The van der Waals surface area contributed by atoms with Gasteiger partial charge in [-0.1, -0.05) is 12.1 Å². The molecule has 3 N–H and O–H groups in total. The number of primary amides is 1. The first-order valence-corrected chi connectivity index (χ1v) is 6.04. The smallest absolute Gasteiger partial charge is 0.318 e. The van der Waals surface area contributed by atoms with Crippen molar-refractivity contribution < 1.29 is 14.4 Å². The van der Waals surface area contributed by atoms with Crippen molar-refractivity contribution in [3.8, 4) is 0 Å². The van der Waals surface area contributed by atoms with Crippen LogP contribution in [0.3, 0.4) is 0 Å². The molecule has 0 atom stereocenters. The standard InChI is InChI=1S/C13H15N3O3/c14-13(19)15-12(18)8-16-7-3-6-11(17)9-4-1-2-5-10(9)16/h1-2,4-5H,3,6-8H2,(H3,14,15,18,19). The van der Waals surface area contributed by atoms with Crippen molar-refractivity contribution >= 4 is 23.4 Å². The fourth-order valence-electron chi connectivity index (χ4n) is 2.19. The molecule has 0 bridgehead atoms. The number of nitrogens with two attached hydrogens (primary N) is 1. The third-order valence-corrected chi connectivity index (χ3v) is 2.97. The van der Waals surface area contributed by atoms with Crippen LogP contribution in [0.15, 0.2) is 24.3 Å². The van der Waals surface area contributed by atoms with E-state index in [0.717, 1.165) is 5.69 Å². The average Bonchev–Trinajstić information content (AvgIpc) is 2.50. The van der Waals surface area contributed by atoms with Crippen molar-refractivity contribution in [1.82, 2.24) is 5.32 Å². The number of fused-ring (bicyclic) bond motifs is 1. The maximum Gasteiger partial charge on any atom is 0.318 e. The quantitative estimate of drug-likeness (QED) is 0.818. The van der Waals surface area contributed by atoms with E-state index in [-0.39, 0.29) is 12.3 Å². The Morgan fingerprint density at radius 2 is 2.05 bits per heavy atom. The number of carbonyl (C=O) groups excluding carboxylic acids is 3. The van der Waals surface area contributed by atoms with Crippen molar-refractivity contribution in [2.75, 3.05) is 18.0 Å². The molecule has 1 aliphatic heterocycles. The number of nitrogens with one attached hydrogen (secondary N) is 1. The number of hydrogen-bond donors (Lipinski definition) is 2. The first kappa shape index (κ1) is 13.1. The fraction of sp³-hybridized carbons (Fsp3) is 0.308. The summed E-state index contributed by atoms with van der Waals surface area (Å²) in [5.41, 5.74) is 6.25. The van der Waals surface area contributed by atoms with Crippen LogP contribution in [0.1, 0.15) is 23.2 Å². The van der Waals surface area contributed by atoms with Crippen molar-refractivity contribution in [2.45, 2.75) is 12.8 Å². The molecule has 6 nitrogen and oxygen atoms in total. The minimum Gasteiger partial charge on any atom is -0.362 e. The fourth-order valence-corrected chi connectivity index (χ4v) is 2.19. The molecule has 19 heavy (non-hydrogen) atoms. The molecule has 1 heterocycles. The predicted molar refractivity (Wildman–Crippen MR) is 69.9 cm³/mol. The maximum atomic E-state index is 11.9. The molecule has 0 spiro atoms. The topological polar surface area (TPSA) is 92.5 Å². The number of benzene rings is 1. The summed E-state index contributed by atoms with van der Waals surface area (Å²) in [5.74, 6) is -0.398. The van der Waals surface area contributed by atoms with Crippen LogP contribution in [0.5, 0.6) is 0 Å². The molecule has 2 rings (SSSR count). The number of nitrogens with zero attached hydrogens (tertiary/aromatic N) is 1. The Labute approximate surface area is 110 Å². The van der Waals surface area contributed by atoms with Gasteiger partial charge in [-0.3, -0.25) is 14.9 Å². The molecule has 100 valence electrons. The minimum atomic E-state index is -0.871. The summed E-state index contributed by atoms with van der Waals surface area (Å²) in [7, 11) is 0. The number of para-hydroxylation sites is 1. The van der Waals surface area contributed by atoms with Gasteiger partial charge in [0.25, 0.3) is 0 Å². The highest BCUT2D eigenvalue weighted by Crippen LogP contribution is 2.25. The molecule has 0 aromatic heterocycles. The molecular weight excluding hydrogens is 246 g/mol. The number of ketones is 1. The number of carbonyl (C=O) groups is 3. The second-order valence-electron chi connectivity index (χ2n) is 4.38. The summed E-state index contributed by atoms with van der Waals surface area (Å²) in [6.07, 6.45) is 1.14. The van der Waals surface area contributed by atoms with Gasteiger partial charge in [0.05, 0.1) is 6.54 Å². The van der Waals surface area contributed by atoms with E-state index >= 15 is 0 Å². The summed E-state index contributed by atoms with van der Waals surface area (Å²) in [6.45, 7) is 0.599. The zero-order chi connectivity index (χ0) is 13.8. The lowest BCUT2D eigenvalue weighted by Crippen LogP contribution is -2.42. The Bertz CT molecular complexity index is 528. The van der Waals surface area contributed by atoms with Crippen LogP contribution in [0.2, 0.25) is 0 Å². The van der Waals surface area contributed by atoms with E-state index in [1.54, 1.807) is 23.1 Å². The number of Topliss-reactive ketones (excluding diaryl/α,β-unsaturated/α-hetero) is 1. The van der Waals surface area contributed by atoms with Gasteiger partial charge < -0.3 is 10.6 Å². The third kappa shape index (κ3) is 3.09. The van der Waals surface area contributed by atoms with Crippen LogP contribution < -0.4 is 16.0 Å². The van der Waals surface area contributed by atoms with E-state index in [9.17, 15) is 14.4 Å². The van der Waals surface area contributed by atoms with Gasteiger partial charge in [0, 0.05) is 24.2 Å². The monoisotopic (exact) mass is 261 g/mol. The van der Waals surface area contributed by atoms with Crippen LogP contribution in [0.25, 0.3) is 0 Å². The number of hydrogen-bond acceptors (Lipinski definition) is 4. The molecule has 1 aromatic carbocycles. The van der Waals surface area contributed by atoms with Gasteiger partial charge in [-0.05, 0) is 18.6 Å². The Morgan fingerprint density at radius 3 is 2.79 bits per heavy atom. The van der Waals surface area contributed by atoms with Crippen molar-refractivity contribution in [3.63, 3.8) is 0 Å². The lowest BCUT2D eigenvalue weighted by atomic mass is 10.1. The molecule has 1 aromatic rings. The largest absolute Gasteiger partial charge is 0.362 e. The summed E-state index contributed by atoms with van der Waals surface area (Å²) in [6, 6.07) is 6.29. The van der Waals surface area contributed by atoms with Crippen molar-refractivity contribution in [3.05, 3.63) is 29.8 Å². The molecule has 3 amide bonds. The Balaban J connectivity index is 2.21. The van der Waals surface area contributed by atoms with E-state index in [2.05, 4.69) is 0 Å². The van der Waals surface area contributed by atoms with Gasteiger partial charge in [0.1, 0.15) is 0 Å². The van der Waals surface area contributed by atoms with E-state index in [4.69, 9.17) is 5.73 Å². The summed E-state index contributed by atoms with van der Waals surface area (Å²) >= 11 is 0. The summed E-state index contributed by atoms with van der Waals surface area (Å²) < 4.78 is 0. The normalized spacial score (nSPS) is 14.5. The molecule has 0 saturated carbocycles. The molecule has 0 radical (unpaired) electrons. The molecule has 0 unspecified atom stereocenters. The van der Waals surface area contributed by atoms with Gasteiger partial charge in [0.2, 0.25) is 5.91 Å². The van der Waals surface area contributed by atoms with Crippen LogP contribution in [0, 0.1) is 0 Å². The van der Waals surface area contributed by atoms with Gasteiger partial charge >= 0.3 is 6.03 Å². The number of rotatable bonds is 2. The van der Waals surface area contributed by atoms with Crippen LogP contribution in [-0.4, -0.2) is 30.8 Å². The number of urea groups is 1. The van der Waals surface area contributed by atoms with Crippen LogP contribution in [-0.2, 0) is 4.79 Å². The molecule has 0 aliphatic carbocycles. The first-order valence-electron chi connectivity index (χ1n) is 6.04. The highest BCUT2D eigenvalue weighted by molar-refractivity contribution is 6.03. The Morgan fingerprint density at radius 1 is 1.32 bits per heavy atom. The van der Waals surface area contributed by atoms with Crippen LogP contribution >= 0.6 is 0 Å². The zero-order valence-corrected chi connectivity index (χ0v) is 10.4. The highest BCUT2D eigenvalue weighted by atomic mass is 16.2. The second kappa shape index (κ2) is 5.51. The first-order chi connectivity index (χ1) is 9.08. The Kier molecular flexibility index (Phi) is 3.79. The van der Waals surface area contributed by atoms with E-state index < -0.39 is 11.9 Å². The number of imide groups is 1. The average molecular weight is 261 g/mol. The van der Waals surface area contributed by atoms with E-state index in [0.29, 0.717) is 24.9 Å². The Hall–Kier alpha value is -2.37. The maximum absolute atomic E-state index is 11.9. The third-order valence-electron chi connectivity index (χ3n) is 2.97. The SMILES string of the molecule is NC(=O)NC(=O)CN1CCCC(=O)c2ccccc21. The van der Waals surface area contributed by atoms with Gasteiger partial charge in [-0.15, -0.1) is 0 Å². The number of amides is 3. The summed E-state index contributed by atoms with van der Waals surface area (Å²) in [5, 5.41) is 2.03. The predicted octanol–water partition coefficient (Wildman–Crippen LogP) is 0.664. The highest BCUT2D eigenvalue weighted by Gasteiger charge is 2.22. The van der Waals surface area contributed by atoms with E-state index in [1.165, 1.54) is 0 Å². The lowest BCUT2D eigenvalue weighted by Gasteiger charge is -2.23. The van der Waals surface area contributed by atoms with Crippen molar-refractivity contribution in [2.24, 2.45) is 5.73 Å².